The Labute approximate surface area is 117 Å². The van der Waals surface area contributed by atoms with E-state index in [9.17, 15) is 9.59 Å². The van der Waals surface area contributed by atoms with Crippen LogP contribution in [0.5, 0.6) is 0 Å². The van der Waals surface area contributed by atoms with E-state index in [-0.39, 0.29) is 18.2 Å². The lowest BCUT2D eigenvalue weighted by Gasteiger charge is -2.26. The fourth-order valence-electron chi connectivity index (χ4n) is 1.66. The highest BCUT2D eigenvalue weighted by atomic mass is 79.9. The molecule has 5 nitrogen and oxygen atoms in total. The molecule has 1 fully saturated rings. The van der Waals surface area contributed by atoms with Crippen LogP contribution in [0.15, 0.2) is 22.7 Å². The molecule has 0 atom stereocenters. The van der Waals surface area contributed by atoms with Crippen LogP contribution in [0.1, 0.15) is 5.56 Å². The fraction of sp³-hybridized carbons (Fsp3) is 0.182. The van der Waals surface area contributed by atoms with Crippen LogP contribution in [0.3, 0.4) is 0 Å². The molecule has 94 valence electrons. The highest BCUT2D eigenvalue weighted by Gasteiger charge is 2.30. The van der Waals surface area contributed by atoms with Gasteiger partial charge in [-0.15, -0.1) is 0 Å². The molecule has 0 radical (unpaired) electrons. The summed E-state index contributed by atoms with van der Waals surface area (Å²) in [6.45, 7) is -0.253. The Balaban J connectivity index is 2.52. The predicted molar refractivity (Wildman–Crippen MR) is 73.3 cm³/mol. The summed E-state index contributed by atoms with van der Waals surface area (Å²) in [4.78, 5) is 24.7. The molecule has 2 N–H and O–H groups in total. The molecule has 1 aliphatic heterocycles. The molecule has 1 aromatic rings. The number of hydrogen-bond donors (Lipinski definition) is 1. The first kappa shape index (κ1) is 13.1. The van der Waals surface area contributed by atoms with Crippen molar-refractivity contribution in [3.8, 4) is 0 Å². The summed E-state index contributed by atoms with van der Waals surface area (Å²) in [6, 6.07) is 5.01. The molecule has 2 amide bonds. The van der Waals surface area contributed by atoms with E-state index in [4.69, 9.17) is 22.7 Å². The molecule has 0 saturated carbocycles. The number of halogens is 1. The molecule has 0 aliphatic carbocycles. The van der Waals surface area contributed by atoms with Crippen molar-refractivity contribution in [2.24, 2.45) is 5.73 Å². The van der Waals surface area contributed by atoms with Crippen molar-refractivity contribution >= 4 is 50.6 Å². The third-order valence-corrected chi connectivity index (χ3v) is 3.13. The third kappa shape index (κ3) is 2.43. The van der Waals surface area contributed by atoms with Gasteiger partial charge in [0, 0.05) is 10.0 Å². The van der Waals surface area contributed by atoms with E-state index in [0.717, 1.165) is 9.37 Å². The van der Waals surface area contributed by atoms with Gasteiger partial charge in [-0.3, -0.25) is 9.59 Å². The Bertz CT molecular complexity index is 531. The van der Waals surface area contributed by atoms with E-state index in [0.29, 0.717) is 11.3 Å². The highest BCUT2D eigenvalue weighted by molar-refractivity contribution is 9.10. The second-order valence-electron chi connectivity index (χ2n) is 3.64. The van der Waals surface area contributed by atoms with Crippen molar-refractivity contribution in [3.63, 3.8) is 0 Å². The van der Waals surface area contributed by atoms with Crippen LogP contribution >= 0.6 is 28.1 Å². The van der Waals surface area contributed by atoms with E-state index in [1.807, 2.05) is 0 Å². The zero-order valence-corrected chi connectivity index (χ0v) is 11.6. The summed E-state index contributed by atoms with van der Waals surface area (Å²) >= 11 is 8.22. The second kappa shape index (κ2) is 5.13. The van der Waals surface area contributed by atoms with Crippen LogP contribution in [-0.4, -0.2) is 30.0 Å². The Morgan fingerprint density at radius 1 is 1.33 bits per heavy atom. The number of carbonyl (C=O) groups excluding carboxylic acids is 2. The molecule has 2 rings (SSSR count). The van der Waals surface area contributed by atoms with Gasteiger partial charge in [-0.2, -0.15) is 0 Å². The Morgan fingerprint density at radius 2 is 1.94 bits per heavy atom. The SMILES string of the molecule is NC(=S)c1cc(Br)ccc1N1C(=O)COCC1=O. The van der Waals surface area contributed by atoms with Crippen molar-refractivity contribution in [2.75, 3.05) is 18.1 Å². The second-order valence-corrected chi connectivity index (χ2v) is 5.00. The molecule has 18 heavy (non-hydrogen) atoms. The molecule has 1 heterocycles. The van der Waals surface area contributed by atoms with Gasteiger partial charge in [0.15, 0.2) is 0 Å². The smallest absolute Gasteiger partial charge is 0.259 e. The molecular formula is C11H9BrN2O3S. The summed E-state index contributed by atoms with van der Waals surface area (Å²) in [6.07, 6.45) is 0. The van der Waals surface area contributed by atoms with Gasteiger partial charge in [-0.05, 0) is 18.2 Å². The number of hydrogen-bond acceptors (Lipinski definition) is 4. The van der Waals surface area contributed by atoms with Crippen molar-refractivity contribution in [1.82, 2.24) is 0 Å². The lowest BCUT2D eigenvalue weighted by molar-refractivity contribution is -0.138. The molecule has 0 spiro atoms. The Kier molecular flexibility index (Phi) is 3.74. The van der Waals surface area contributed by atoms with Gasteiger partial charge < -0.3 is 10.5 Å². The number of nitrogens with zero attached hydrogens (tertiary/aromatic N) is 1. The minimum atomic E-state index is -0.425. The maximum absolute atomic E-state index is 11.7. The first-order valence-corrected chi connectivity index (χ1v) is 6.23. The first-order valence-electron chi connectivity index (χ1n) is 5.03. The molecule has 7 heteroatoms. The number of carbonyl (C=O) groups is 2. The summed E-state index contributed by atoms with van der Waals surface area (Å²) in [5.41, 5.74) is 6.48. The number of ether oxygens (including phenoxy) is 1. The number of morpholine rings is 1. The lowest BCUT2D eigenvalue weighted by Crippen LogP contribution is -2.47. The predicted octanol–water partition coefficient (Wildman–Crippen LogP) is 0.973. The first-order chi connectivity index (χ1) is 8.50. The van der Waals surface area contributed by atoms with Gasteiger partial charge in [-0.25, -0.2) is 4.90 Å². The van der Waals surface area contributed by atoms with Crippen molar-refractivity contribution in [1.29, 1.82) is 0 Å². The normalized spacial score (nSPS) is 15.9. The molecule has 1 aromatic carbocycles. The summed E-state index contributed by atoms with van der Waals surface area (Å²) < 4.78 is 5.62. The monoisotopic (exact) mass is 328 g/mol. The van der Waals surface area contributed by atoms with Crippen LogP contribution in [0.2, 0.25) is 0 Å². The molecule has 0 aromatic heterocycles. The number of rotatable bonds is 2. The van der Waals surface area contributed by atoms with E-state index >= 15 is 0 Å². The lowest BCUT2D eigenvalue weighted by atomic mass is 10.1. The van der Waals surface area contributed by atoms with Gasteiger partial charge >= 0.3 is 0 Å². The van der Waals surface area contributed by atoms with E-state index in [2.05, 4.69) is 15.9 Å². The van der Waals surface area contributed by atoms with Crippen LogP contribution in [-0.2, 0) is 14.3 Å². The average molecular weight is 329 g/mol. The van der Waals surface area contributed by atoms with Crippen LogP contribution < -0.4 is 10.6 Å². The van der Waals surface area contributed by atoms with Gasteiger partial charge in [0.25, 0.3) is 11.8 Å². The standard InChI is InChI=1S/C11H9BrN2O3S/c12-6-1-2-8(7(3-6)11(13)18)14-9(15)4-17-5-10(14)16/h1-3H,4-5H2,(H2,13,18). The van der Waals surface area contributed by atoms with Gasteiger partial charge in [0.2, 0.25) is 0 Å². The summed E-state index contributed by atoms with van der Waals surface area (Å²) in [5, 5.41) is 0. The fourth-order valence-corrected chi connectivity index (χ4v) is 2.19. The maximum Gasteiger partial charge on any atom is 0.259 e. The molecule has 1 saturated heterocycles. The number of nitrogens with two attached hydrogens (primary N) is 1. The summed E-state index contributed by atoms with van der Waals surface area (Å²) in [5.74, 6) is -0.850. The van der Waals surface area contributed by atoms with Crippen molar-refractivity contribution in [2.45, 2.75) is 0 Å². The number of anilines is 1. The van der Waals surface area contributed by atoms with Crippen LogP contribution in [0, 0.1) is 0 Å². The number of thiocarbonyl (C=S) groups is 1. The van der Waals surface area contributed by atoms with E-state index in [1.54, 1.807) is 18.2 Å². The maximum atomic E-state index is 11.7. The van der Waals surface area contributed by atoms with Crippen molar-refractivity contribution in [3.05, 3.63) is 28.2 Å². The molecular weight excluding hydrogens is 320 g/mol. The van der Waals surface area contributed by atoms with Crippen molar-refractivity contribution < 1.29 is 14.3 Å². The number of benzene rings is 1. The van der Waals surface area contributed by atoms with Gasteiger partial charge in [0.05, 0.1) is 5.69 Å². The average Bonchev–Trinajstić information content (AvgIpc) is 2.30. The Hall–Kier alpha value is -1.31. The molecule has 1 aliphatic rings. The largest absolute Gasteiger partial charge is 0.389 e. The van der Waals surface area contributed by atoms with Gasteiger partial charge in [0.1, 0.15) is 18.2 Å². The molecule has 0 unspecified atom stereocenters. The minimum Gasteiger partial charge on any atom is -0.389 e. The Morgan fingerprint density at radius 3 is 2.50 bits per heavy atom. The minimum absolute atomic E-state index is 0.124. The number of imide groups is 1. The van der Waals surface area contributed by atoms with Crippen LogP contribution in [0.25, 0.3) is 0 Å². The van der Waals surface area contributed by atoms with E-state index in [1.165, 1.54) is 0 Å². The quantitative estimate of drug-likeness (QED) is 0.647. The van der Waals surface area contributed by atoms with Gasteiger partial charge in [-0.1, -0.05) is 28.1 Å². The van der Waals surface area contributed by atoms with Crippen LogP contribution in [0.4, 0.5) is 5.69 Å². The summed E-state index contributed by atoms with van der Waals surface area (Å²) in [7, 11) is 0. The van der Waals surface area contributed by atoms with E-state index < -0.39 is 11.8 Å². The topological polar surface area (TPSA) is 72.6 Å². The third-order valence-electron chi connectivity index (χ3n) is 2.41. The number of amides is 2. The molecule has 0 bridgehead atoms. The zero-order chi connectivity index (χ0) is 13.3. The zero-order valence-electron chi connectivity index (χ0n) is 9.18. The highest BCUT2D eigenvalue weighted by Crippen LogP contribution is 2.26.